The van der Waals surface area contributed by atoms with Crippen molar-refractivity contribution in [2.45, 2.75) is 0 Å². The second kappa shape index (κ2) is 11.6. The number of hydrogen-bond donors (Lipinski definition) is 1. The Balaban J connectivity index is 1.49. The van der Waals surface area contributed by atoms with Crippen LogP contribution in [0.1, 0.15) is 22.5 Å². The molecule has 2 N–H and O–H groups in total. The van der Waals surface area contributed by atoms with Crippen molar-refractivity contribution in [1.29, 1.82) is 0 Å². The molecule has 4 nitrogen and oxygen atoms in total. The third kappa shape index (κ3) is 5.75. The summed E-state index contributed by atoms with van der Waals surface area (Å²) in [6, 6.07) is 24.7. The molecule has 2 aromatic carbocycles. The van der Waals surface area contributed by atoms with Crippen LogP contribution in [0.3, 0.4) is 0 Å². The molecule has 5 rings (SSSR count). The standard InChI is InChI=1S/C31H20Br2N4.Zn/c1-20(32)31(34)30(33)28-17-16-27(37-28)29(22-10-6-3-7-11-22)26-15-14-25(36-26)19-24-13-12-23(35-24)18-21-8-4-2-5-9-21;/h1-17,19,34,36H;/q-2;/b24-19?,29-27-,31-30+;. The summed E-state index contributed by atoms with van der Waals surface area (Å²) in [5.74, 6) is 0. The first-order chi connectivity index (χ1) is 18.4. The number of nitrogens with one attached hydrogen (secondary N) is 2. The second-order valence-corrected chi connectivity index (χ2v) is 11.7. The minimum absolute atomic E-state index is 0.149. The van der Waals surface area contributed by atoms with Crippen LogP contribution in [0.2, 0.25) is 0 Å². The predicted molar refractivity (Wildman–Crippen MR) is 162 cm³/mol. The molecule has 0 saturated carbocycles. The van der Waals surface area contributed by atoms with Crippen LogP contribution in [0.15, 0.2) is 133 Å². The van der Waals surface area contributed by atoms with Crippen molar-refractivity contribution in [2.24, 2.45) is 9.98 Å². The average molecular weight is 674 g/mol. The molecule has 0 unspecified atom stereocenters. The zero-order valence-corrected chi connectivity index (χ0v) is 26.4. The number of aliphatic imine (C=N–C) groups is 2. The molecular formula is C31H20Br2N4Zn-2. The van der Waals surface area contributed by atoms with Gasteiger partial charge in [-0.3, -0.25) is 12.3 Å². The van der Waals surface area contributed by atoms with Crippen molar-refractivity contribution < 1.29 is 17.9 Å². The summed E-state index contributed by atoms with van der Waals surface area (Å²) in [5.41, 5.74) is 16.8. The fourth-order valence-corrected chi connectivity index (χ4v) is 5.92. The van der Waals surface area contributed by atoms with E-state index in [1.165, 1.54) is 9.67 Å². The van der Waals surface area contributed by atoms with Gasteiger partial charge in [0.05, 0.1) is 0 Å². The van der Waals surface area contributed by atoms with Crippen molar-refractivity contribution in [2.75, 3.05) is 0 Å². The Kier molecular flexibility index (Phi) is 8.08. The van der Waals surface area contributed by atoms with E-state index in [9.17, 15) is 0 Å². The van der Waals surface area contributed by atoms with Gasteiger partial charge in [0.2, 0.25) is 0 Å². The molecule has 0 spiro atoms. The van der Waals surface area contributed by atoms with E-state index in [1.54, 1.807) is 0 Å². The predicted octanol–water partition coefficient (Wildman–Crippen LogP) is 8.27. The summed E-state index contributed by atoms with van der Waals surface area (Å²) >= 11 is 7.67. The van der Waals surface area contributed by atoms with Gasteiger partial charge in [0, 0.05) is 0 Å². The number of rotatable bonds is 7. The summed E-state index contributed by atoms with van der Waals surface area (Å²) in [5, 5.41) is 0. The first-order valence-electron chi connectivity index (χ1n) is 11.8. The zero-order chi connectivity index (χ0) is 26.6. The van der Waals surface area contributed by atoms with E-state index >= 15 is 0 Å². The van der Waals surface area contributed by atoms with E-state index in [2.05, 4.69) is 104 Å². The monoisotopic (exact) mass is 670 g/mol. The summed E-state index contributed by atoms with van der Waals surface area (Å²) < 4.78 is 2.04. The van der Waals surface area contributed by atoms with Gasteiger partial charge < -0.3 is 5.73 Å². The van der Waals surface area contributed by atoms with E-state index in [0.29, 0.717) is 10.2 Å². The molecular weight excluding hydrogens is 654 g/mol. The van der Waals surface area contributed by atoms with E-state index < -0.39 is 0 Å². The average Bonchev–Trinajstić information content (AvgIpc) is 3.71. The van der Waals surface area contributed by atoms with Crippen LogP contribution in [0, 0.1) is 6.58 Å². The van der Waals surface area contributed by atoms with E-state index in [4.69, 9.17) is 22.3 Å². The normalized spacial score (nSPS) is 17.4. The quantitative estimate of drug-likeness (QED) is 0.149. The summed E-state index contributed by atoms with van der Waals surface area (Å²) in [6.45, 7) is 5.75. The van der Waals surface area contributed by atoms with Crippen LogP contribution in [0.4, 0.5) is 0 Å². The summed E-state index contributed by atoms with van der Waals surface area (Å²) in [4.78, 5) is 13.2. The number of allylic oxidation sites excluding steroid dienone is 6. The van der Waals surface area contributed by atoms with Crippen LogP contribution in [0.5, 0.6) is 0 Å². The summed E-state index contributed by atoms with van der Waals surface area (Å²) in [7, 11) is 0. The maximum absolute atomic E-state index is 8.16. The van der Waals surface area contributed by atoms with Gasteiger partial charge in [0.25, 0.3) is 0 Å². The topological polar surface area (TPSA) is 64.3 Å². The molecule has 0 atom stereocenters. The number of aromatic amines is 1. The Morgan fingerprint density at radius 3 is 2.16 bits per heavy atom. The van der Waals surface area contributed by atoms with Gasteiger partial charge >= 0.3 is 185 Å². The van der Waals surface area contributed by atoms with Crippen molar-refractivity contribution in [3.05, 3.63) is 158 Å². The molecule has 0 amide bonds. The first-order valence-corrected chi connectivity index (χ1v) is 14.9. The molecule has 0 saturated heterocycles. The van der Waals surface area contributed by atoms with Crippen LogP contribution in [-0.4, -0.2) is 20.5 Å². The van der Waals surface area contributed by atoms with Crippen LogP contribution >= 0.6 is 31.9 Å². The van der Waals surface area contributed by atoms with Gasteiger partial charge in [0.1, 0.15) is 0 Å². The first kappa shape index (κ1) is 26.4. The summed E-state index contributed by atoms with van der Waals surface area (Å²) in [6.07, 6.45) is 10.0. The molecule has 182 valence electrons. The number of halogens is 2. The molecule has 3 aromatic rings. The number of H-pyrrole nitrogens is 1. The molecule has 7 heteroatoms. The van der Waals surface area contributed by atoms with Gasteiger partial charge in [-0.25, -0.2) is 0 Å². The Morgan fingerprint density at radius 2 is 1.47 bits per heavy atom. The molecule has 1 aromatic heterocycles. The number of benzene rings is 2. The SMILES string of the molecule is [CH-]=C(Br)/C([NH-])=C(\Br)C1=N/C(=C(/c2ccccc2)c2ccc(C=C3C=CC([C](=[Zn])c4ccccc4)=N3)[nH]2)C=C1. The van der Waals surface area contributed by atoms with Crippen molar-refractivity contribution >= 4 is 59.0 Å². The van der Waals surface area contributed by atoms with Crippen LogP contribution in [0.25, 0.3) is 17.4 Å². The van der Waals surface area contributed by atoms with Crippen molar-refractivity contribution in [3.63, 3.8) is 0 Å². The van der Waals surface area contributed by atoms with Gasteiger partial charge in [-0.05, 0) is 0 Å². The Bertz CT molecular complexity index is 1650. The van der Waals surface area contributed by atoms with Gasteiger partial charge in [0.15, 0.2) is 0 Å². The van der Waals surface area contributed by atoms with Crippen LogP contribution < -0.4 is 0 Å². The molecule has 2 aliphatic rings. The molecule has 0 radical (unpaired) electrons. The van der Waals surface area contributed by atoms with Gasteiger partial charge in [-0.2, -0.15) is 4.48 Å². The molecule has 0 bridgehead atoms. The van der Waals surface area contributed by atoms with Gasteiger partial charge in [-0.15, -0.1) is 0 Å². The van der Waals surface area contributed by atoms with E-state index in [-0.39, 0.29) is 10.2 Å². The molecule has 3 heterocycles. The maximum atomic E-state index is 8.16. The van der Waals surface area contributed by atoms with E-state index in [1.807, 2.05) is 36.4 Å². The zero-order valence-electron chi connectivity index (χ0n) is 20.2. The van der Waals surface area contributed by atoms with E-state index in [0.717, 1.165) is 57.5 Å². The second-order valence-electron chi connectivity index (χ2n) is 8.57. The third-order valence-electron chi connectivity index (χ3n) is 6.02. The molecule has 38 heavy (non-hydrogen) atoms. The number of aromatic nitrogens is 1. The number of nitrogens with zero attached hydrogens (tertiary/aromatic N) is 2. The Hall–Kier alpha value is -3.25. The molecule has 0 fully saturated rings. The van der Waals surface area contributed by atoms with Crippen LogP contribution in [-0.2, 0) is 17.9 Å². The fourth-order valence-electron chi connectivity index (χ4n) is 4.12. The minimum atomic E-state index is 0.149. The third-order valence-corrected chi connectivity index (χ3v) is 8.83. The fraction of sp³-hybridized carbons (Fsp3) is 0. The van der Waals surface area contributed by atoms with Crippen molar-refractivity contribution in [1.82, 2.24) is 4.98 Å². The van der Waals surface area contributed by atoms with Gasteiger partial charge in [-0.1, -0.05) is 42.4 Å². The Morgan fingerprint density at radius 1 is 0.816 bits per heavy atom. The van der Waals surface area contributed by atoms with Crippen molar-refractivity contribution in [3.8, 4) is 0 Å². The number of hydrogen-bond acceptors (Lipinski definition) is 2. The molecule has 2 aliphatic heterocycles. The Labute approximate surface area is 248 Å². The molecule has 0 aliphatic carbocycles.